The summed E-state index contributed by atoms with van der Waals surface area (Å²) in [6.45, 7) is -0.153. The highest BCUT2D eigenvalue weighted by atomic mass is 32.1. The number of aliphatic hydroxyl groups excluding tert-OH is 1. The van der Waals surface area contributed by atoms with Crippen molar-refractivity contribution in [2.75, 3.05) is 18.6 Å². The standard InChI is InChI=1S/C19H21N3O3S/c1-22-9-13(17(20)24)8-15-16(11-26-19(15)22)18(25)21-14(10-23)7-12-5-3-2-4-6-12/h2-6,9,11,14,23H,7-8,10H2,1H3,(H2,20,24)(H,21,25)/t14-/m0/s1. The molecule has 1 atom stereocenters. The normalized spacial score (nSPS) is 14.4. The molecule has 0 fully saturated rings. The molecule has 2 aromatic rings. The molecule has 6 nitrogen and oxygen atoms in total. The molecule has 3 rings (SSSR count). The number of amides is 2. The lowest BCUT2D eigenvalue weighted by Gasteiger charge is -2.22. The second kappa shape index (κ2) is 7.72. The molecule has 2 amide bonds. The Balaban J connectivity index is 1.76. The van der Waals surface area contributed by atoms with Gasteiger partial charge in [-0.05, 0) is 12.0 Å². The van der Waals surface area contributed by atoms with Crippen molar-refractivity contribution < 1.29 is 14.7 Å². The summed E-state index contributed by atoms with van der Waals surface area (Å²) in [5, 5.41) is 15.2. The zero-order chi connectivity index (χ0) is 18.7. The predicted molar refractivity (Wildman–Crippen MR) is 102 cm³/mol. The van der Waals surface area contributed by atoms with Gasteiger partial charge in [-0.3, -0.25) is 9.59 Å². The molecule has 0 bridgehead atoms. The molecule has 1 aromatic heterocycles. The first kappa shape index (κ1) is 18.2. The van der Waals surface area contributed by atoms with Crippen LogP contribution in [0, 0.1) is 0 Å². The molecule has 0 saturated heterocycles. The number of hydrogen-bond donors (Lipinski definition) is 3. The second-order valence-corrected chi connectivity index (χ2v) is 7.14. The Bertz CT molecular complexity index is 845. The number of fused-ring (bicyclic) bond motifs is 1. The Hall–Kier alpha value is -2.64. The Labute approximate surface area is 155 Å². The molecule has 0 saturated carbocycles. The van der Waals surface area contributed by atoms with E-state index in [4.69, 9.17) is 5.73 Å². The number of thiophene rings is 1. The minimum Gasteiger partial charge on any atom is -0.394 e. The van der Waals surface area contributed by atoms with Gasteiger partial charge in [-0.1, -0.05) is 30.3 Å². The van der Waals surface area contributed by atoms with Gasteiger partial charge in [-0.2, -0.15) is 0 Å². The summed E-state index contributed by atoms with van der Waals surface area (Å²) in [4.78, 5) is 26.1. The minimum atomic E-state index is -0.489. The van der Waals surface area contributed by atoms with Gasteiger partial charge in [0.2, 0.25) is 5.91 Å². The SMILES string of the molecule is CN1C=C(C(N)=O)Cc2c(C(=O)N[C@H](CO)Cc3ccccc3)csc21. The van der Waals surface area contributed by atoms with Crippen LogP contribution in [0.15, 0.2) is 47.5 Å². The average Bonchev–Trinajstić information content (AvgIpc) is 3.06. The van der Waals surface area contributed by atoms with Gasteiger partial charge in [0.25, 0.3) is 5.91 Å². The van der Waals surface area contributed by atoms with Gasteiger partial charge in [0, 0.05) is 36.2 Å². The summed E-state index contributed by atoms with van der Waals surface area (Å²) >= 11 is 1.45. The van der Waals surface area contributed by atoms with Crippen molar-refractivity contribution in [1.29, 1.82) is 0 Å². The van der Waals surface area contributed by atoms with E-state index in [0.717, 1.165) is 16.1 Å². The molecule has 26 heavy (non-hydrogen) atoms. The Morgan fingerprint density at radius 2 is 2.08 bits per heavy atom. The van der Waals surface area contributed by atoms with Crippen LogP contribution in [0.1, 0.15) is 21.5 Å². The number of carbonyl (C=O) groups is 2. The highest BCUT2D eigenvalue weighted by Gasteiger charge is 2.26. The first-order chi connectivity index (χ1) is 12.5. The molecule has 0 unspecified atom stereocenters. The summed E-state index contributed by atoms with van der Waals surface area (Å²) < 4.78 is 0. The van der Waals surface area contributed by atoms with Crippen molar-refractivity contribution in [2.45, 2.75) is 18.9 Å². The van der Waals surface area contributed by atoms with E-state index in [0.29, 0.717) is 24.0 Å². The molecule has 4 N–H and O–H groups in total. The van der Waals surface area contributed by atoms with E-state index in [9.17, 15) is 14.7 Å². The fourth-order valence-electron chi connectivity index (χ4n) is 3.03. The summed E-state index contributed by atoms with van der Waals surface area (Å²) in [5.41, 5.74) is 8.23. The number of nitrogens with one attached hydrogen (secondary N) is 1. The zero-order valence-corrected chi connectivity index (χ0v) is 15.3. The highest BCUT2D eigenvalue weighted by Crippen LogP contribution is 2.36. The largest absolute Gasteiger partial charge is 0.394 e. The molecule has 0 aliphatic carbocycles. The number of hydrogen-bond acceptors (Lipinski definition) is 5. The Morgan fingerprint density at radius 3 is 2.73 bits per heavy atom. The number of benzene rings is 1. The maximum atomic E-state index is 12.8. The first-order valence-electron chi connectivity index (χ1n) is 8.29. The number of nitrogens with zero attached hydrogens (tertiary/aromatic N) is 1. The fraction of sp³-hybridized carbons (Fsp3) is 0.263. The molecule has 1 aliphatic heterocycles. The molecule has 0 radical (unpaired) electrons. The summed E-state index contributed by atoms with van der Waals surface area (Å²) in [6.07, 6.45) is 2.58. The molecule has 2 heterocycles. The smallest absolute Gasteiger partial charge is 0.252 e. The van der Waals surface area contributed by atoms with Gasteiger partial charge in [-0.15, -0.1) is 11.3 Å². The van der Waals surface area contributed by atoms with Crippen LogP contribution >= 0.6 is 11.3 Å². The molecule has 1 aliphatic rings. The minimum absolute atomic E-state index is 0.153. The van der Waals surface area contributed by atoms with Crippen LogP contribution in [0.25, 0.3) is 0 Å². The van der Waals surface area contributed by atoms with E-state index < -0.39 is 5.91 Å². The summed E-state index contributed by atoms with van der Waals surface area (Å²) in [6, 6.07) is 9.31. The quantitative estimate of drug-likeness (QED) is 0.716. The van der Waals surface area contributed by atoms with E-state index in [1.165, 1.54) is 11.3 Å². The van der Waals surface area contributed by atoms with Gasteiger partial charge in [0.1, 0.15) is 0 Å². The van der Waals surface area contributed by atoms with Crippen LogP contribution in [0.2, 0.25) is 0 Å². The third kappa shape index (κ3) is 3.79. The van der Waals surface area contributed by atoms with E-state index in [1.807, 2.05) is 42.3 Å². The van der Waals surface area contributed by atoms with E-state index in [2.05, 4.69) is 5.32 Å². The molecular formula is C19H21N3O3S. The third-order valence-corrected chi connectivity index (χ3v) is 5.46. The van der Waals surface area contributed by atoms with Crippen molar-refractivity contribution in [2.24, 2.45) is 5.73 Å². The lowest BCUT2D eigenvalue weighted by atomic mass is 9.99. The van der Waals surface area contributed by atoms with E-state index in [1.54, 1.807) is 11.6 Å². The highest BCUT2D eigenvalue weighted by molar-refractivity contribution is 7.14. The van der Waals surface area contributed by atoms with Crippen LogP contribution in [-0.2, 0) is 17.6 Å². The van der Waals surface area contributed by atoms with Crippen LogP contribution in [0.3, 0.4) is 0 Å². The van der Waals surface area contributed by atoms with Crippen molar-refractivity contribution in [3.63, 3.8) is 0 Å². The number of rotatable bonds is 6. The maximum Gasteiger partial charge on any atom is 0.252 e. The van der Waals surface area contributed by atoms with Crippen LogP contribution in [-0.4, -0.2) is 36.6 Å². The monoisotopic (exact) mass is 371 g/mol. The van der Waals surface area contributed by atoms with Gasteiger partial charge in [0.05, 0.1) is 23.2 Å². The third-order valence-electron chi connectivity index (χ3n) is 4.35. The van der Waals surface area contributed by atoms with Crippen molar-refractivity contribution in [3.05, 3.63) is 64.2 Å². The lowest BCUT2D eigenvalue weighted by Crippen LogP contribution is -2.39. The fourth-order valence-corrected chi connectivity index (χ4v) is 4.05. The summed E-state index contributed by atoms with van der Waals surface area (Å²) in [7, 11) is 1.82. The first-order valence-corrected chi connectivity index (χ1v) is 9.17. The number of anilines is 1. The van der Waals surface area contributed by atoms with Crippen LogP contribution in [0.4, 0.5) is 5.00 Å². The van der Waals surface area contributed by atoms with Gasteiger partial charge in [0.15, 0.2) is 0 Å². The number of nitrogens with two attached hydrogens (primary N) is 1. The van der Waals surface area contributed by atoms with Crippen LogP contribution < -0.4 is 16.0 Å². The predicted octanol–water partition coefficient (Wildman–Crippen LogP) is 1.44. The topological polar surface area (TPSA) is 95.7 Å². The zero-order valence-electron chi connectivity index (χ0n) is 14.4. The molecule has 136 valence electrons. The van der Waals surface area contributed by atoms with Crippen molar-refractivity contribution >= 4 is 28.2 Å². The Kier molecular flexibility index (Phi) is 5.39. The summed E-state index contributed by atoms with van der Waals surface area (Å²) in [5.74, 6) is -0.742. The van der Waals surface area contributed by atoms with E-state index in [-0.39, 0.29) is 18.6 Å². The average molecular weight is 371 g/mol. The van der Waals surface area contributed by atoms with E-state index >= 15 is 0 Å². The molecule has 0 spiro atoms. The second-order valence-electron chi connectivity index (χ2n) is 6.28. The number of aliphatic hydroxyl groups is 1. The van der Waals surface area contributed by atoms with Gasteiger partial charge in [-0.25, -0.2) is 0 Å². The molecule has 7 heteroatoms. The van der Waals surface area contributed by atoms with Crippen molar-refractivity contribution in [3.8, 4) is 0 Å². The molecular weight excluding hydrogens is 350 g/mol. The maximum absolute atomic E-state index is 12.8. The number of carbonyl (C=O) groups excluding carboxylic acids is 2. The lowest BCUT2D eigenvalue weighted by molar-refractivity contribution is -0.114. The Morgan fingerprint density at radius 1 is 1.35 bits per heavy atom. The van der Waals surface area contributed by atoms with Crippen LogP contribution in [0.5, 0.6) is 0 Å². The number of primary amides is 1. The van der Waals surface area contributed by atoms with Gasteiger partial charge >= 0.3 is 0 Å². The molecule has 1 aromatic carbocycles. The van der Waals surface area contributed by atoms with Gasteiger partial charge < -0.3 is 21.1 Å². The van der Waals surface area contributed by atoms with Crippen molar-refractivity contribution in [1.82, 2.24) is 5.32 Å².